The highest BCUT2D eigenvalue weighted by Crippen LogP contribution is 2.24. The Morgan fingerprint density at radius 2 is 1.83 bits per heavy atom. The van der Waals surface area contributed by atoms with E-state index in [1.165, 1.54) is 6.07 Å². The van der Waals surface area contributed by atoms with Gasteiger partial charge in [0.1, 0.15) is 5.82 Å². The van der Waals surface area contributed by atoms with E-state index >= 15 is 0 Å². The van der Waals surface area contributed by atoms with Crippen LogP contribution in [0.15, 0.2) is 24.3 Å². The van der Waals surface area contributed by atoms with Crippen LogP contribution in [-0.4, -0.2) is 23.8 Å². The first kappa shape index (κ1) is 15.6. The average molecular weight is 316 g/mol. The van der Waals surface area contributed by atoms with Gasteiger partial charge in [-0.3, -0.25) is 4.90 Å². The summed E-state index contributed by atoms with van der Waals surface area (Å²) in [6, 6.07) is 7.14. The van der Waals surface area contributed by atoms with Gasteiger partial charge in [-0.25, -0.2) is 4.39 Å². The van der Waals surface area contributed by atoms with Gasteiger partial charge in [-0.2, -0.15) is 0 Å². The summed E-state index contributed by atoms with van der Waals surface area (Å²) in [6.45, 7) is 7.49. The van der Waals surface area contributed by atoms with E-state index in [-0.39, 0.29) is 11.9 Å². The van der Waals surface area contributed by atoms with Crippen molar-refractivity contribution in [1.82, 2.24) is 4.90 Å². The monoisotopic (exact) mass is 315 g/mol. The van der Waals surface area contributed by atoms with Crippen molar-refractivity contribution < 1.29 is 4.39 Å². The van der Waals surface area contributed by atoms with Gasteiger partial charge in [0.05, 0.1) is 0 Å². The molecule has 1 aromatic carbocycles. The third kappa shape index (κ3) is 4.06. The fraction of sp³-hybridized carbons (Fsp3) is 0.600. The summed E-state index contributed by atoms with van der Waals surface area (Å²) in [6.07, 6.45) is 0. The van der Waals surface area contributed by atoms with E-state index in [2.05, 4.69) is 48.6 Å². The van der Waals surface area contributed by atoms with Gasteiger partial charge >= 0.3 is 0 Å². The predicted molar refractivity (Wildman–Crippen MR) is 79.6 cm³/mol. The third-order valence-electron chi connectivity index (χ3n) is 3.68. The standard InChI is InChI=1S/C15H23BrFN/c1-11(2)13(9-16)10-18(4)12(3)14-7-5-6-8-15(14)17/h5-8,11-13H,9-10H2,1-4H3. The molecule has 18 heavy (non-hydrogen) atoms. The highest BCUT2D eigenvalue weighted by Gasteiger charge is 2.20. The zero-order chi connectivity index (χ0) is 13.7. The molecule has 1 rings (SSSR count). The molecule has 2 unspecified atom stereocenters. The molecule has 102 valence electrons. The van der Waals surface area contributed by atoms with Crippen LogP contribution < -0.4 is 0 Å². The van der Waals surface area contributed by atoms with Crippen molar-refractivity contribution in [3.63, 3.8) is 0 Å². The van der Waals surface area contributed by atoms with Gasteiger partial charge < -0.3 is 0 Å². The number of alkyl halides is 1. The topological polar surface area (TPSA) is 3.24 Å². The lowest BCUT2D eigenvalue weighted by molar-refractivity contribution is 0.202. The first-order valence-corrected chi connectivity index (χ1v) is 7.60. The molecule has 1 aromatic rings. The Kier molecular flexibility index (Phi) is 6.30. The second kappa shape index (κ2) is 7.25. The molecule has 0 saturated carbocycles. The number of halogens is 2. The summed E-state index contributed by atoms with van der Waals surface area (Å²) in [4.78, 5) is 2.23. The van der Waals surface area contributed by atoms with Crippen molar-refractivity contribution in [1.29, 1.82) is 0 Å². The first-order chi connectivity index (χ1) is 8.47. The molecule has 0 saturated heterocycles. The number of benzene rings is 1. The second-order valence-electron chi connectivity index (χ2n) is 5.30. The Balaban J connectivity index is 2.72. The second-order valence-corrected chi connectivity index (χ2v) is 5.94. The quantitative estimate of drug-likeness (QED) is 0.699. The Labute approximate surface area is 119 Å². The van der Waals surface area contributed by atoms with Gasteiger partial charge in [0.15, 0.2) is 0 Å². The van der Waals surface area contributed by atoms with E-state index in [9.17, 15) is 4.39 Å². The summed E-state index contributed by atoms with van der Waals surface area (Å²) in [5, 5.41) is 0.985. The third-order valence-corrected chi connectivity index (χ3v) is 4.51. The molecule has 0 aliphatic rings. The van der Waals surface area contributed by atoms with Crippen LogP contribution in [-0.2, 0) is 0 Å². The molecule has 0 fully saturated rings. The minimum absolute atomic E-state index is 0.103. The van der Waals surface area contributed by atoms with Crippen molar-refractivity contribution in [3.05, 3.63) is 35.6 Å². The molecule has 0 aliphatic carbocycles. The van der Waals surface area contributed by atoms with Crippen LogP contribution in [0.2, 0.25) is 0 Å². The number of rotatable bonds is 6. The highest BCUT2D eigenvalue weighted by atomic mass is 79.9. The summed E-state index contributed by atoms with van der Waals surface area (Å²) >= 11 is 3.56. The molecule has 2 atom stereocenters. The molecule has 0 radical (unpaired) electrons. The van der Waals surface area contributed by atoms with Gasteiger partial charge in [0.25, 0.3) is 0 Å². The van der Waals surface area contributed by atoms with Gasteiger partial charge in [0.2, 0.25) is 0 Å². The summed E-state index contributed by atoms with van der Waals surface area (Å²) in [5.74, 6) is 1.10. The minimum Gasteiger partial charge on any atom is -0.299 e. The molecule has 0 amide bonds. The molecular formula is C15H23BrFN. The predicted octanol–water partition coefficient (Wildman–Crippen LogP) is 4.49. The van der Waals surface area contributed by atoms with Crippen molar-refractivity contribution in [2.24, 2.45) is 11.8 Å². The van der Waals surface area contributed by atoms with E-state index in [4.69, 9.17) is 0 Å². The van der Waals surface area contributed by atoms with Gasteiger partial charge in [-0.05, 0) is 31.9 Å². The first-order valence-electron chi connectivity index (χ1n) is 6.48. The summed E-state index contributed by atoms with van der Waals surface area (Å²) < 4.78 is 13.7. The lowest BCUT2D eigenvalue weighted by Crippen LogP contribution is -2.31. The average Bonchev–Trinajstić information content (AvgIpc) is 2.35. The summed E-state index contributed by atoms with van der Waals surface area (Å²) in [7, 11) is 2.06. The Bertz CT molecular complexity index is 367. The SMILES string of the molecule is CC(C)C(CBr)CN(C)C(C)c1ccccc1F. The molecule has 0 spiro atoms. The smallest absolute Gasteiger partial charge is 0.127 e. The minimum atomic E-state index is -0.114. The van der Waals surface area contributed by atoms with Crippen LogP contribution in [0, 0.1) is 17.7 Å². The lowest BCUT2D eigenvalue weighted by Gasteiger charge is -2.30. The molecule has 0 aliphatic heterocycles. The summed E-state index contributed by atoms with van der Waals surface area (Å²) in [5.41, 5.74) is 0.775. The molecule has 0 N–H and O–H groups in total. The van der Waals surface area contributed by atoms with Crippen molar-refractivity contribution in [2.75, 3.05) is 18.9 Å². The molecule has 0 bridgehead atoms. The normalized spacial score (nSPS) is 15.1. The van der Waals surface area contributed by atoms with Crippen LogP contribution >= 0.6 is 15.9 Å². The van der Waals surface area contributed by atoms with Crippen molar-refractivity contribution in [3.8, 4) is 0 Å². The van der Waals surface area contributed by atoms with Crippen LogP contribution in [0.4, 0.5) is 4.39 Å². The van der Waals surface area contributed by atoms with Crippen LogP contribution in [0.5, 0.6) is 0 Å². The molecule has 0 aromatic heterocycles. The molecule has 0 heterocycles. The van der Waals surface area contributed by atoms with Gasteiger partial charge in [-0.15, -0.1) is 0 Å². The molecule has 1 nitrogen and oxygen atoms in total. The van der Waals surface area contributed by atoms with Crippen LogP contribution in [0.1, 0.15) is 32.4 Å². The van der Waals surface area contributed by atoms with E-state index in [1.807, 2.05) is 12.1 Å². The largest absolute Gasteiger partial charge is 0.299 e. The van der Waals surface area contributed by atoms with Crippen molar-refractivity contribution in [2.45, 2.75) is 26.8 Å². The van der Waals surface area contributed by atoms with Gasteiger partial charge in [-0.1, -0.05) is 48.0 Å². The molecular weight excluding hydrogens is 293 g/mol. The van der Waals surface area contributed by atoms with E-state index in [1.54, 1.807) is 6.07 Å². The maximum Gasteiger partial charge on any atom is 0.127 e. The van der Waals surface area contributed by atoms with Crippen LogP contribution in [0.3, 0.4) is 0 Å². The molecule has 3 heteroatoms. The fourth-order valence-electron chi connectivity index (χ4n) is 2.02. The van der Waals surface area contributed by atoms with Crippen molar-refractivity contribution >= 4 is 15.9 Å². The number of nitrogens with zero attached hydrogens (tertiary/aromatic N) is 1. The zero-order valence-electron chi connectivity index (χ0n) is 11.7. The fourth-order valence-corrected chi connectivity index (χ4v) is 2.97. The number of hydrogen-bond donors (Lipinski definition) is 0. The lowest BCUT2D eigenvalue weighted by atomic mass is 9.96. The Morgan fingerprint density at radius 3 is 2.33 bits per heavy atom. The van der Waals surface area contributed by atoms with Gasteiger partial charge in [0, 0.05) is 23.5 Å². The Morgan fingerprint density at radius 1 is 1.22 bits per heavy atom. The highest BCUT2D eigenvalue weighted by molar-refractivity contribution is 9.09. The zero-order valence-corrected chi connectivity index (χ0v) is 13.2. The maximum atomic E-state index is 13.7. The van der Waals surface area contributed by atoms with E-state index in [0.29, 0.717) is 11.8 Å². The maximum absolute atomic E-state index is 13.7. The van der Waals surface area contributed by atoms with E-state index in [0.717, 1.165) is 17.4 Å². The number of hydrogen-bond acceptors (Lipinski definition) is 1. The Hall–Kier alpha value is -0.410. The van der Waals surface area contributed by atoms with E-state index < -0.39 is 0 Å². The van der Waals surface area contributed by atoms with Crippen LogP contribution in [0.25, 0.3) is 0 Å².